The number of phenolic OH excluding ortho intramolecular Hbond substituents is 1. The highest BCUT2D eigenvalue weighted by molar-refractivity contribution is 14.0. The summed E-state index contributed by atoms with van der Waals surface area (Å²) in [6.45, 7) is 14.1. The number of likely N-dealkylation sites (tertiary alicyclic amines) is 1. The van der Waals surface area contributed by atoms with Crippen molar-refractivity contribution in [1.82, 2.24) is 15.1 Å². The molecule has 9 heteroatoms. The van der Waals surface area contributed by atoms with Crippen LogP contribution in [-0.2, 0) is 11.3 Å². The maximum atomic E-state index is 12.4. The minimum atomic E-state index is -0.480. The van der Waals surface area contributed by atoms with Crippen molar-refractivity contribution in [3.63, 3.8) is 0 Å². The number of aromatic hydroxyl groups is 1. The molecular formula is C24H41IN4O4. The number of amides is 1. The number of nitrogens with one attached hydrogen (secondary N) is 1. The number of halogens is 1. The Morgan fingerprint density at radius 2 is 1.94 bits per heavy atom. The van der Waals surface area contributed by atoms with Crippen molar-refractivity contribution in [3.05, 3.63) is 23.8 Å². The summed E-state index contributed by atoms with van der Waals surface area (Å²) in [5, 5.41) is 13.4. The number of hydrogen-bond donors (Lipinski definition) is 2. The van der Waals surface area contributed by atoms with Crippen LogP contribution < -0.4 is 10.1 Å². The lowest BCUT2D eigenvalue weighted by Crippen LogP contribution is -2.47. The first-order valence-corrected chi connectivity index (χ1v) is 11.5. The molecule has 1 aromatic rings. The van der Waals surface area contributed by atoms with E-state index in [1.54, 1.807) is 17.0 Å². The normalized spacial score (nSPS) is 15.0. The molecule has 8 nitrogen and oxygen atoms in total. The number of hydrogen-bond acceptors (Lipinski definition) is 5. The Morgan fingerprint density at radius 1 is 1.27 bits per heavy atom. The van der Waals surface area contributed by atoms with E-state index in [2.05, 4.69) is 17.1 Å². The van der Waals surface area contributed by atoms with E-state index in [0.717, 1.165) is 50.5 Å². The molecule has 1 amide bonds. The van der Waals surface area contributed by atoms with Crippen LogP contribution in [0.4, 0.5) is 4.79 Å². The number of carbonyl (C=O) groups excluding carboxylic acids is 1. The standard InChI is InChI=1S/C24H40N4O4.HI/c1-7-25-22(26-16-19-9-10-21(31-6)20(29)15-19)28-13-11-18(12-14-28)17-27(8-2)23(30)32-24(3,4)5;/h9-10,15,18,29H,7-8,11-14,16-17H2,1-6H3,(H,25,26);1H. The maximum Gasteiger partial charge on any atom is 0.410 e. The molecule has 2 N–H and O–H groups in total. The third-order valence-corrected chi connectivity index (χ3v) is 5.42. The molecule has 0 saturated carbocycles. The lowest BCUT2D eigenvalue weighted by molar-refractivity contribution is 0.0214. The van der Waals surface area contributed by atoms with Gasteiger partial charge in [-0.1, -0.05) is 6.07 Å². The average Bonchev–Trinajstić information content (AvgIpc) is 2.74. The second-order valence-corrected chi connectivity index (χ2v) is 9.13. The van der Waals surface area contributed by atoms with Crippen molar-refractivity contribution >= 4 is 36.0 Å². The lowest BCUT2D eigenvalue weighted by Gasteiger charge is -2.36. The highest BCUT2D eigenvalue weighted by Crippen LogP contribution is 2.26. The van der Waals surface area contributed by atoms with Gasteiger partial charge in [-0.25, -0.2) is 9.79 Å². The van der Waals surface area contributed by atoms with Crippen LogP contribution in [-0.4, -0.2) is 72.4 Å². The minimum Gasteiger partial charge on any atom is -0.504 e. The third-order valence-electron chi connectivity index (χ3n) is 5.42. The summed E-state index contributed by atoms with van der Waals surface area (Å²) in [5.41, 5.74) is 0.440. The highest BCUT2D eigenvalue weighted by Gasteiger charge is 2.27. The Bertz CT molecular complexity index is 774. The zero-order valence-electron chi connectivity index (χ0n) is 20.9. The fraction of sp³-hybridized carbons (Fsp3) is 0.667. The smallest absolute Gasteiger partial charge is 0.410 e. The number of piperidine rings is 1. The molecule has 1 fully saturated rings. The Hall–Kier alpha value is -1.91. The predicted molar refractivity (Wildman–Crippen MR) is 143 cm³/mol. The van der Waals surface area contributed by atoms with Crippen LogP contribution in [0.15, 0.2) is 23.2 Å². The van der Waals surface area contributed by atoms with Crippen molar-refractivity contribution in [2.45, 2.75) is 59.6 Å². The maximum absolute atomic E-state index is 12.4. The molecule has 0 aliphatic carbocycles. The molecule has 0 spiro atoms. The molecule has 1 aliphatic heterocycles. The first-order chi connectivity index (χ1) is 15.2. The number of rotatable bonds is 7. The van der Waals surface area contributed by atoms with E-state index in [0.29, 0.717) is 24.8 Å². The molecule has 1 heterocycles. The van der Waals surface area contributed by atoms with Gasteiger partial charge in [0, 0.05) is 32.7 Å². The van der Waals surface area contributed by atoms with Crippen LogP contribution in [0.1, 0.15) is 53.0 Å². The molecule has 0 radical (unpaired) electrons. The Kier molecular flexibility index (Phi) is 12.1. The van der Waals surface area contributed by atoms with Gasteiger partial charge in [-0.3, -0.25) is 0 Å². The topological polar surface area (TPSA) is 86.6 Å². The predicted octanol–water partition coefficient (Wildman–Crippen LogP) is 4.45. The van der Waals surface area contributed by atoms with E-state index in [9.17, 15) is 9.90 Å². The van der Waals surface area contributed by atoms with Gasteiger partial charge >= 0.3 is 6.09 Å². The van der Waals surface area contributed by atoms with Crippen LogP contribution in [0, 0.1) is 5.92 Å². The fourth-order valence-corrected chi connectivity index (χ4v) is 3.72. The SMILES string of the molecule is CCNC(=NCc1ccc(OC)c(O)c1)N1CCC(CN(CC)C(=O)OC(C)(C)C)CC1.I. The first-order valence-electron chi connectivity index (χ1n) is 11.5. The van der Waals surface area contributed by atoms with Gasteiger partial charge in [-0.2, -0.15) is 0 Å². The van der Waals surface area contributed by atoms with Gasteiger partial charge in [0.2, 0.25) is 0 Å². The van der Waals surface area contributed by atoms with Gasteiger partial charge in [0.15, 0.2) is 17.5 Å². The summed E-state index contributed by atoms with van der Waals surface area (Å²) >= 11 is 0. The van der Waals surface area contributed by atoms with E-state index in [1.807, 2.05) is 33.8 Å². The molecule has 1 aliphatic rings. The van der Waals surface area contributed by atoms with E-state index in [-0.39, 0.29) is 35.8 Å². The number of guanidine groups is 1. The summed E-state index contributed by atoms with van der Waals surface area (Å²) < 4.78 is 10.6. The number of phenols is 1. The van der Waals surface area contributed by atoms with Gasteiger partial charge in [0.25, 0.3) is 0 Å². The number of aliphatic imine (C=N–C) groups is 1. The molecule has 0 aromatic heterocycles. The summed E-state index contributed by atoms with van der Waals surface area (Å²) in [7, 11) is 1.53. The van der Waals surface area contributed by atoms with Gasteiger partial charge < -0.3 is 29.7 Å². The fourth-order valence-electron chi connectivity index (χ4n) is 3.72. The lowest BCUT2D eigenvalue weighted by atomic mass is 9.96. The van der Waals surface area contributed by atoms with Crippen molar-refractivity contribution in [2.75, 3.05) is 39.8 Å². The van der Waals surface area contributed by atoms with Gasteiger partial charge in [0.1, 0.15) is 5.60 Å². The van der Waals surface area contributed by atoms with Crippen LogP contribution in [0.25, 0.3) is 0 Å². The number of benzene rings is 1. The van der Waals surface area contributed by atoms with Gasteiger partial charge in [0.05, 0.1) is 13.7 Å². The van der Waals surface area contributed by atoms with E-state index in [1.165, 1.54) is 7.11 Å². The monoisotopic (exact) mass is 576 g/mol. The molecule has 33 heavy (non-hydrogen) atoms. The van der Waals surface area contributed by atoms with Crippen molar-refractivity contribution in [2.24, 2.45) is 10.9 Å². The van der Waals surface area contributed by atoms with E-state index in [4.69, 9.17) is 14.5 Å². The molecule has 188 valence electrons. The van der Waals surface area contributed by atoms with Gasteiger partial charge in [-0.05, 0) is 71.1 Å². The quantitative estimate of drug-likeness (QED) is 0.284. The third kappa shape index (κ3) is 9.46. The largest absolute Gasteiger partial charge is 0.504 e. The second kappa shape index (κ2) is 13.7. The Morgan fingerprint density at radius 3 is 2.45 bits per heavy atom. The number of methoxy groups -OCH3 is 1. The molecule has 2 rings (SSSR count). The molecule has 0 unspecified atom stereocenters. The molecule has 0 bridgehead atoms. The first kappa shape index (κ1) is 29.1. The number of nitrogens with zero attached hydrogens (tertiary/aromatic N) is 3. The van der Waals surface area contributed by atoms with Crippen molar-refractivity contribution < 1.29 is 19.4 Å². The Balaban J connectivity index is 0.00000544. The molecule has 1 saturated heterocycles. The van der Waals surface area contributed by atoms with Crippen LogP contribution >= 0.6 is 24.0 Å². The van der Waals surface area contributed by atoms with Crippen LogP contribution in [0.5, 0.6) is 11.5 Å². The highest BCUT2D eigenvalue weighted by atomic mass is 127. The number of ether oxygens (including phenoxy) is 2. The van der Waals surface area contributed by atoms with Gasteiger partial charge in [-0.15, -0.1) is 24.0 Å². The van der Waals surface area contributed by atoms with Crippen LogP contribution in [0.2, 0.25) is 0 Å². The zero-order chi connectivity index (χ0) is 23.7. The Labute approximate surface area is 215 Å². The van der Waals surface area contributed by atoms with Crippen molar-refractivity contribution in [3.8, 4) is 11.5 Å². The second-order valence-electron chi connectivity index (χ2n) is 9.13. The zero-order valence-corrected chi connectivity index (χ0v) is 23.2. The number of carbonyl (C=O) groups is 1. The summed E-state index contributed by atoms with van der Waals surface area (Å²) in [4.78, 5) is 21.3. The van der Waals surface area contributed by atoms with Crippen molar-refractivity contribution in [1.29, 1.82) is 0 Å². The summed E-state index contributed by atoms with van der Waals surface area (Å²) in [6.07, 6.45) is 1.75. The summed E-state index contributed by atoms with van der Waals surface area (Å²) in [5.74, 6) is 1.90. The van der Waals surface area contributed by atoms with Crippen LogP contribution in [0.3, 0.4) is 0 Å². The molecular weight excluding hydrogens is 535 g/mol. The average molecular weight is 577 g/mol. The molecule has 0 atom stereocenters. The summed E-state index contributed by atoms with van der Waals surface area (Å²) in [6, 6.07) is 5.35. The van der Waals surface area contributed by atoms with E-state index < -0.39 is 5.60 Å². The molecule has 1 aromatic carbocycles. The minimum absolute atomic E-state index is 0. The van der Waals surface area contributed by atoms with E-state index >= 15 is 0 Å².